The van der Waals surface area contributed by atoms with Gasteiger partial charge in [0.1, 0.15) is 10.9 Å². The minimum absolute atomic E-state index is 0.103. The second-order valence-corrected chi connectivity index (χ2v) is 10.1. The number of hydrogen-bond acceptors (Lipinski definition) is 5. The number of nitrogens with one attached hydrogen (secondary N) is 2. The molecule has 2 aliphatic rings. The van der Waals surface area contributed by atoms with E-state index in [2.05, 4.69) is 10.0 Å². The van der Waals surface area contributed by atoms with E-state index in [0.717, 1.165) is 0 Å². The van der Waals surface area contributed by atoms with Crippen molar-refractivity contribution in [3.63, 3.8) is 0 Å². The highest BCUT2D eigenvalue weighted by Crippen LogP contribution is 2.29. The Morgan fingerprint density at radius 3 is 2.65 bits per heavy atom. The van der Waals surface area contributed by atoms with Gasteiger partial charge in [-0.15, -0.1) is 0 Å². The van der Waals surface area contributed by atoms with Gasteiger partial charge in [0.25, 0.3) is 5.91 Å². The molecule has 174 valence electrons. The summed E-state index contributed by atoms with van der Waals surface area (Å²) in [5, 5.41) is 3.07. The highest BCUT2D eigenvalue weighted by atomic mass is 32.2. The molecule has 2 N–H and O–H groups in total. The van der Waals surface area contributed by atoms with Crippen LogP contribution in [0.25, 0.3) is 10.8 Å². The number of nitrogens with zero attached hydrogens (tertiary/aromatic N) is 1. The van der Waals surface area contributed by atoms with Crippen molar-refractivity contribution in [2.75, 3.05) is 0 Å². The van der Waals surface area contributed by atoms with Crippen molar-refractivity contribution < 1.29 is 27.2 Å². The van der Waals surface area contributed by atoms with Gasteiger partial charge < -0.3 is 4.90 Å². The molecule has 1 saturated heterocycles. The van der Waals surface area contributed by atoms with E-state index >= 15 is 0 Å². The van der Waals surface area contributed by atoms with Gasteiger partial charge in [0.05, 0.1) is 0 Å². The lowest BCUT2D eigenvalue weighted by Gasteiger charge is -2.29. The molecule has 1 atom stereocenters. The molecule has 34 heavy (non-hydrogen) atoms. The third kappa shape index (κ3) is 3.84. The molecule has 0 bridgehead atoms. The maximum Gasteiger partial charge on any atom is 0.255 e. The average molecular weight is 482 g/mol. The Bertz CT molecular complexity index is 1470. The molecule has 0 radical (unpaired) electrons. The standard InChI is InChI=1S/C24H20FN3O5S/c25-22-17-4-2-1-3-15(17)6-9-20(22)34(32,33)26-12-14-5-7-18-16(11-14)13-28(24(18)31)19-8-10-21(29)27-23(19)30/h1-7,9,11,19,26H,8,10,12-13H2,(H,27,29,30). The first-order valence-electron chi connectivity index (χ1n) is 10.7. The van der Waals surface area contributed by atoms with E-state index in [1.54, 1.807) is 42.5 Å². The molecule has 3 aromatic carbocycles. The summed E-state index contributed by atoms with van der Waals surface area (Å²) in [6, 6.07) is 13.6. The van der Waals surface area contributed by atoms with E-state index in [0.29, 0.717) is 22.1 Å². The number of imide groups is 1. The monoisotopic (exact) mass is 481 g/mol. The molecule has 5 rings (SSSR count). The lowest BCUT2D eigenvalue weighted by atomic mass is 10.0. The summed E-state index contributed by atoms with van der Waals surface area (Å²) in [5.74, 6) is -1.98. The van der Waals surface area contributed by atoms with Crippen molar-refractivity contribution in [2.24, 2.45) is 0 Å². The van der Waals surface area contributed by atoms with Crippen LogP contribution in [0.15, 0.2) is 59.5 Å². The zero-order valence-corrected chi connectivity index (χ0v) is 18.7. The van der Waals surface area contributed by atoms with Crippen LogP contribution in [0.5, 0.6) is 0 Å². The quantitative estimate of drug-likeness (QED) is 0.543. The number of benzene rings is 3. The summed E-state index contributed by atoms with van der Waals surface area (Å²) in [4.78, 5) is 37.4. The number of carbonyl (C=O) groups excluding carboxylic acids is 3. The molecule has 1 unspecified atom stereocenters. The van der Waals surface area contributed by atoms with Gasteiger partial charge in [-0.1, -0.05) is 42.5 Å². The van der Waals surface area contributed by atoms with Gasteiger partial charge in [0.2, 0.25) is 21.8 Å². The second-order valence-electron chi connectivity index (χ2n) is 8.31. The third-order valence-electron chi connectivity index (χ3n) is 6.17. The maximum atomic E-state index is 14.9. The van der Waals surface area contributed by atoms with Crippen molar-refractivity contribution in [3.05, 3.63) is 77.1 Å². The van der Waals surface area contributed by atoms with Gasteiger partial charge in [0.15, 0.2) is 5.82 Å². The number of carbonyl (C=O) groups is 3. The molecular weight excluding hydrogens is 461 g/mol. The van der Waals surface area contributed by atoms with Gasteiger partial charge in [0, 0.05) is 30.5 Å². The maximum absolute atomic E-state index is 14.9. The number of rotatable bonds is 5. The largest absolute Gasteiger partial charge is 0.322 e. The van der Waals surface area contributed by atoms with Crippen LogP contribution in [-0.4, -0.2) is 37.1 Å². The van der Waals surface area contributed by atoms with E-state index in [9.17, 15) is 27.2 Å². The number of sulfonamides is 1. The van der Waals surface area contributed by atoms with Gasteiger partial charge >= 0.3 is 0 Å². The number of piperidine rings is 1. The zero-order valence-electron chi connectivity index (χ0n) is 17.9. The Morgan fingerprint density at radius 1 is 1.06 bits per heavy atom. The molecule has 0 saturated carbocycles. The summed E-state index contributed by atoms with van der Waals surface area (Å²) < 4.78 is 42.9. The molecule has 3 aromatic rings. The van der Waals surface area contributed by atoms with Crippen LogP contribution < -0.4 is 10.0 Å². The van der Waals surface area contributed by atoms with Gasteiger partial charge in [-0.3, -0.25) is 19.7 Å². The minimum Gasteiger partial charge on any atom is -0.322 e. The highest BCUT2D eigenvalue weighted by molar-refractivity contribution is 7.89. The van der Waals surface area contributed by atoms with Crippen molar-refractivity contribution in [2.45, 2.75) is 36.9 Å². The molecule has 2 heterocycles. The van der Waals surface area contributed by atoms with Gasteiger partial charge in [-0.05, 0) is 35.1 Å². The predicted molar refractivity (Wildman–Crippen MR) is 120 cm³/mol. The smallest absolute Gasteiger partial charge is 0.255 e. The summed E-state index contributed by atoms with van der Waals surface area (Å²) >= 11 is 0. The first-order chi connectivity index (χ1) is 16.2. The minimum atomic E-state index is -4.13. The molecule has 10 heteroatoms. The van der Waals surface area contributed by atoms with Crippen molar-refractivity contribution in [1.82, 2.24) is 14.9 Å². The van der Waals surface area contributed by atoms with E-state index in [1.165, 1.54) is 17.0 Å². The Balaban J connectivity index is 1.33. The fourth-order valence-electron chi connectivity index (χ4n) is 4.41. The van der Waals surface area contributed by atoms with Crippen LogP contribution in [0, 0.1) is 5.82 Å². The van der Waals surface area contributed by atoms with Crippen LogP contribution >= 0.6 is 0 Å². The lowest BCUT2D eigenvalue weighted by Crippen LogP contribution is -2.52. The van der Waals surface area contributed by atoms with E-state index < -0.39 is 32.7 Å². The number of halogens is 1. The molecule has 0 aliphatic carbocycles. The van der Waals surface area contributed by atoms with E-state index in [4.69, 9.17) is 0 Å². The number of fused-ring (bicyclic) bond motifs is 2. The number of amides is 3. The SMILES string of the molecule is O=C1CCC(N2Cc3cc(CNS(=O)(=O)c4ccc5ccccc5c4F)ccc3C2=O)C(=O)N1. The summed E-state index contributed by atoms with van der Waals surface area (Å²) in [6.07, 6.45) is 0.420. The summed E-state index contributed by atoms with van der Waals surface area (Å²) in [7, 11) is -4.13. The molecular formula is C24H20FN3O5S. The van der Waals surface area contributed by atoms with E-state index in [-0.39, 0.29) is 43.1 Å². The first-order valence-corrected chi connectivity index (χ1v) is 12.2. The first kappa shape index (κ1) is 22.2. The van der Waals surface area contributed by atoms with Crippen LogP contribution in [-0.2, 0) is 32.7 Å². The topological polar surface area (TPSA) is 113 Å². The highest BCUT2D eigenvalue weighted by Gasteiger charge is 2.39. The Hall–Kier alpha value is -3.63. The summed E-state index contributed by atoms with van der Waals surface area (Å²) in [6.45, 7) is 0.0782. The normalized spacial score (nSPS) is 18.3. The molecule has 0 aromatic heterocycles. The Kier molecular flexibility index (Phi) is 5.41. The van der Waals surface area contributed by atoms with Gasteiger partial charge in [-0.2, -0.15) is 0 Å². The van der Waals surface area contributed by atoms with Crippen LogP contribution in [0.2, 0.25) is 0 Å². The zero-order chi connectivity index (χ0) is 24.0. The van der Waals surface area contributed by atoms with E-state index in [1.807, 2.05) is 0 Å². The fourth-order valence-corrected chi connectivity index (χ4v) is 5.52. The van der Waals surface area contributed by atoms with Crippen molar-refractivity contribution >= 4 is 38.5 Å². The molecule has 2 aliphatic heterocycles. The van der Waals surface area contributed by atoms with Crippen molar-refractivity contribution in [1.29, 1.82) is 0 Å². The molecule has 3 amide bonds. The second kappa shape index (κ2) is 8.30. The van der Waals surface area contributed by atoms with Crippen LogP contribution in [0.1, 0.15) is 34.3 Å². The Labute approximate surface area is 194 Å². The average Bonchev–Trinajstić information content (AvgIpc) is 3.13. The Morgan fingerprint density at radius 2 is 1.85 bits per heavy atom. The van der Waals surface area contributed by atoms with Crippen molar-refractivity contribution in [3.8, 4) is 0 Å². The molecule has 1 fully saturated rings. The van der Waals surface area contributed by atoms with Crippen LogP contribution in [0.3, 0.4) is 0 Å². The van der Waals surface area contributed by atoms with Crippen LogP contribution in [0.4, 0.5) is 4.39 Å². The third-order valence-corrected chi connectivity index (χ3v) is 7.59. The van der Waals surface area contributed by atoms with Gasteiger partial charge in [-0.25, -0.2) is 17.5 Å². The summed E-state index contributed by atoms with van der Waals surface area (Å²) in [5.41, 5.74) is 1.67. The fraction of sp³-hybridized carbons (Fsp3) is 0.208. The molecule has 0 spiro atoms. The number of hydrogen-bond donors (Lipinski definition) is 2. The predicted octanol–water partition coefficient (Wildman–Crippen LogP) is 2.22. The lowest BCUT2D eigenvalue weighted by molar-refractivity contribution is -0.136. The molecule has 8 nitrogen and oxygen atoms in total.